The van der Waals surface area contributed by atoms with Gasteiger partial charge in [-0.2, -0.15) is 15.1 Å². The Morgan fingerprint density at radius 2 is 2.26 bits per heavy atom. The molecule has 0 unspecified atom stereocenters. The number of rotatable bonds is 4. The minimum atomic E-state index is -0.104. The molecule has 2 aliphatic heterocycles. The summed E-state index contributed by atoms with van der Waals surface area (Å²) in [6, 6.07) is 5.88. The monoisotopic (exact) mass is 400 g/mol. The minimum Gasteiger partial charge on any atom is -0.497 e. The van der Waals surface area contributed by atoms with E-state index in [1.807, 2.05) is 30.1 Å². The maximum atomic E-state index is 13.0. The average Bonchev–Trinajstić information content (AvgIpc) is 3.37. The number of hydrogen-bond acceptors (Lipinski definition) is 8. The van der Waals surface area contributed by atoms with Crippen LogP contribution in [0.5, 0.6) is 5.75 Å². The van der Waals surface area contributed by atoms with E-state index in [2.05, 4.69) is 26.8 Å². The number of H-pyrrole nitrogens is 1. The summed E-state index contributed by atoms with van der Waals surface area (Å²) >= 11 is 2.88. The number of ether oxygens (including phenoxy) is 1. The van der Waals surface area contributed by atoms with E-state index in [4.69, 9.17) is 4.74 Å². The Bertz CT molecular complexity index is 970. The first-order chi connectivity index (χ1) is 13.1. The van der Waals surface area contributed by atoms with E-state index in [9.17, 15) is 4.79 Å². The molecule has 2 aliphatic rings. The fourth-order valence-corrected chi connectivity index (χ4v) is 5.02. The fraction of sp³-hybridized carbons (Fsp3) is 0.176. The zero-order valence-electron chi connectivity index (χ0n) is 14.7. The first kappa shape index (κ1) is 17.7. The van der Waals surface area contributed by atoms with E-state index in [0.29, 0.717) is 22.6 Å². The van der Waals surface area contributed by atoms with Crippen molar-refractivity contribution < 1.29 is 9.53 Å². The number of anilines is 1. The number of amidine groups is 1. The van der Waals surface area contributed by atoms with Crippen LogP contribution in [0.15, 0.2) is 57.0 Å². The van der Waals surface area contributed by atoms with Gasteiger partial charge in [-0.1, -0.05) is 17.8 Å². The van der Waals surface area contributed by atoms with Crippen molar-refractivity contribution in [3.05, 3.63) is 47.1 Å². The van der Waals surface area contributed by atoms with Crippen molar-refractivity contribution >= 4 is 46.2 Å². The summed E-state index contributed by atoms with van der Waals surface area (Å²) < 4.78 is 5.32. The molecule has 10 heteroatoms. The molecule has 1 fully saturated rings. The molecular weight excluding hydrogens is 384 g/mol. The van der Waals surface area contributed by atoms with Gasteiger partial charge in [-0.25, -0.2) is 5.10 Å². The lowest BCUT2D eigenvalue weighted by molar-refractivity contribution is -0.121. The molecule has 3 heterocycles. The first-order valence-electron chi connectivity index (χ1n) is 8.01. The lowest BCUT2D eigenvalue weighted by Gasteiger charge is -2.15. The highest BCUT2D eigenvalue weighted by atomic mass is 32.2. The van der Waals surface area contributed by atoms with E-state index in [-0.39, 0.29) is 5.91 Å². The summed E-state index contributed by atoms with van der Waals surface area (Å²) in [7, 11) is 3.58. The standard InChI is InChI=1S/C17H16N6O2S2/c1-4-7-23-14(24)13(27-17(23)20-16-18-9-19-21-16)15-22(2)11-8-10(25-3)5-6-12(11)26-15/h4-6,8-9H,1,7H2,2-3H3,(H,18,19,21)/b15-13-,20-17?. The molecule has 1 N–H and O–H groups in total. The Morgan fingerprint density at radius 1 is 1.41 bits per heavy atom. The van der Waals surface area contributed by atoms with Gasteiger partial charge in [-0.05, 0) is 23.9 Å². The second-order valence-corrected chi connectivity index (χ2v) is 7.65. The lowest BCUT2D eigenvalue weighted by atomic mass is 10.3. The first-order valence-corrected chi connectivity index (χ1v) is 9.64. The van der Waals surface area contributed by atoms with Crippen LogP contribution in [0, 0.1) is 0 Å². The zero-order chi connectivity index (χ0) is 19.0. The van der Waals surface area contributed by atoms with Crippen LogP contribution in [-0.2, 0) is 4.79 Å². The molecular formula is C17H16N6O2S2. The Hall–Kier alpha value is -2.72. The van der Waals surface area contributed by atoms with Gasteiger partial charge in [0.15, 0.2) is 5.17 Å². The van der Waals surface area contributed by atoms with Crippen molar-refractivity contribution in [2.24, 2.45) is 4.99 Å². The summed E-state index contributed by atoms with van der Waals surface area (Å²) in [5.41, 5.74) is 1.01. The topological polar surface area (TPSA) is 86.7 Å². The van der Waals surface area contributed by atoms with Crippen LogP contribution >= 0.6 is 23.5 Å². The molecule has 0 radical (unpaired) electrons. The third-order valence-corrected chi connectivity index (χ3v) is 6.44. The molecule has 0 aliphatic carbocycles. The number of carbonyl (C=O) groups is 1. The smallest absolute Gasteiger partial charge is 0.269 e. The molecule has 8 nitrogen and oxygen atoms in total. The Kier molecular flexibility index (Phi) is 4.66. The van der Waals surface area contributed by atoms with Gasteiger partial charge in [-0.3, -0.25) is 9.69 Å². The highest BCUT2D eigenvalue weighted by Gasteiger charge is 2.38. The van der Waals surface area contributed by atoms with Crippen LogP contribution in [0.4, 0.5) is 11.6 Å². The molecule has 0 spiro atoms. The van der Waals surface area contributed by atoms with Gasteiger partial charge in [-0.15, -0.1) is 6.58 Å². The van der Waals surface area contributed by atoms with Crippen molar-refractivity contribution in [2.45, 2.75) is 4.90 Å². The number of aliphatic imine (C=N–C) groups is 1. The van der Waals surface area contributed by atoms with E-state index in [0.717, 1.165) is 21.4 Å². The van der Waals surface area contributed by atoms with Crippen LogP contribution in [0.3, 0.4) is 0 Å². The number of thioether (sulfide) groups is 2. The summed E-state index contributed by atoms with van der Waals surface area (Å²) in [4.78, 5) is 26.8. The van der Waals surface area contributed by atoms with Crippen LogP contribution in [0.1, 0.15) is 0 Å². The van der Waals surface area contributed by atoms with Gasteiger partial charge in [0.05, 0.1) is 17.8 Å². The van der Waals surface area contributed by atoms with Gasteiger partial charge in [0, 0.05) is 24.6 Å². The molecule has 1 saturated heterocycles. The van der Waals surface area contributed by atoms with Gasteiger partial charge in [0.1, 0.15) is 17.0 Å². The molecule has 1 aromatic carbocycles. The summed E-state index contributed by atoms with van der Waals surface area (Å²) in [5, 5.41) is 7.89. The second-order valence-electron chi connectivity index (χ2n) is 5.64. The van der Waals surface area contributed by atoms with Crippen LogP contribution in [-0.4, -0.2) is 51.9 Å². The number of hydrogen-bond donors (Lipinski definition) is 1. The lowest BCUT2D eigenvalue weighted by Crippen LogP contribution is -2.29. The van der Waals surface area contributed by atoms with Crippen LogP contribution in [0.25, 0.3) is 0 Å². The van der Waals surface area contributed by atoms with Crippen molar-refractivity contribution in [2.75, 3.05) is 25.6 Å². The average molecular weight is 400 g/mol. The Labute approximate surface area is 164 Å². The number of nitrogens with one attached hydrogen (secondary N) is 1. The van der Waals surface area contributed by atoms with E-state index in [1.165, 1.54) is 18.1 Å². The molecule has 138 valence electrons. The van der Waals surface area contributed by atoms with Crippen LogP contribution in [0.2, 0.25) is 0 Å². The number of aromatic amines is 1. The van der Waals surface area contributed by atoms with Gasteiger partial charge < -0.3 is 9.64 Å². The van der Waals surface area contributed by atoms with Gasteiger partial charge >= 0.3 is 0 Å². The van der Waals surface area contributed by atoms with E-state index < -0.39 is 0 Å². The number of benzene rings is 1. The number of aromatic nitrogens is 3. The molecule has 2 aromatic rings. The van der Waals surface area contributed by atoms with Crippen molar-refractivity contribution in [3.8, 4) is 5.75 Å². The number of amides is 1. The molecule has 0 atom stereocenters. The molecule has 0 saturated carbocycles. The van der Waals surface area contributed by atoms with Gasteiger partial charge in [0.25, 0.3) is 5.91 Å². The maximum Gasteiger partial charge on any atom is 0.269 e. The highest BCUT2D eigenvalue weighted by Crippen LogP contribution is 2.50. The SMILES string of the molecule is C=CCN1C(=O)/C(=C2/Sc3ccc(OC)cc3N2C)SC1=Nc1ncn[nH]1. The summed E-state index contributed by atoms with van der Waals surface area (Å²) in [6.07, 6.45) is 3.05. The zero-order valence-corrected chi connectivity index (χ0v) is 16.3. The second kappa shape index (κ2) is 7.12. The largest absolute Gasteiger partial charge is 0.497 e. The molecule has 1 aromatic heterocycles. The summed E-state index contributed by atoms with van der Waals surface area (Å²) in [6.45, 7) is 4.11. The number of nitrogens with zero attached hydrogens (tertiary/aromatic N) is 5. The van der Waals surface area contributed by atoms with E-state index in [1.54, 1.807) is 29.8 Å². The predicted octanol–water partition coefficient (Wildman–Crippen LogP) is 2.97. The predicted molar refractivity (Wildman–Crippen MR) is 107 cm³/mol. The Balaban J connectivity index is 1.73. The minimum absolute atomic E-state index is 0.104. The number of methoxy groups -OCH3 is 1. The van der Waals surface area contributed by atoms with Gasteiger partial charge in [0.2, 0.25) is 5.95 Å². The van der Waals surface area contributed by atoms with Crippen molar-refractivity contribution in [1.29, 1.82) is 0 Å². The van der Waals surface area contributed by atoms with Crippen molar-refractivity contribution in [1.82, 2.24) is 20.1 Å². The molecule has 4 rings (SSSR count). The van der Waals surface area contributed by atoms with Crippen molar-refractivity contribution in [3.63, 3.8) is 0 Å². The molecule has 0 bridgehead atoms. The highest BCUT2D eigenvalue weighted by molar-refractivity contribution is 8.19. The third-order valence-electron chi connectivity index (χ3n) is 4.01. The fourth-order valence-electron chi connectivity index (χ4n) is 2.70. The number of fused-ring (bicyclic) bond motifs is 1. The third kappa shape index (κ3) is 3.10. The number of carbonyl (C=O) groups excluding carboxylic acids is 1. The Morgan fingerprint density at radius 3 is 2.96 bits per heavy atom. The quantitative estimate of drug-likeness (QED) is 0.624. The van der Waals surface area contributed by atoms with E-state index >= 15 is 0 Å². The maximum absolute atomic E-state index is 13.0. The van der Waals surface area contributed by atoms with Crippen LogP contribution < -0.4 is 9.64 Å². The summed E-state index contributed by atoms with van der Waals surface area (Å²) in [5.74, 6) is 1.03. The molecule has 1 amide bonds. The normalized spacial score (nSPS) is 20.5. The molecule has 27 heavy (non-hydrogen) atoms.